The third kappa shape index (κ3) is 4.01. The van der Waals surface area contributed by atoms with Crippen LogP contribution >= 0.6 is 23.2 Å². The molecule has 2 heterocycles. The first kappa shape index (κ1) is 17.9. The van der Waals surface area contributed by atoms with E-state index < -0.39 is 11.0 Å². The van der Waals surface area contributed by atoms with E-state index in [0.717, 1.165) is 25.1 Å². The fourth-order valence-corrected chi connectivity index (χ4v) is 3.05. The average Bonchev–Trinajstić information content (AvgIpc) is 3.09. The minimum atomic E-state index is -0.571. The molecule has 0 bridgehead atoms. The Bertz CT molecular complexity index is 796. The van der Waals surface area contributed by atoms with Crippen LogP contribution in [0.25, 0.3) is 0 Å². The Kier molecular flexibility index (Phi) is 5.39. The first-order valence-electron chi connectivity index (χ1n) is 7.79. The van der Waals surface area contributed by atoms with Gasteiger partial charge in [0, 0.05) is 18.7 Å². The number of nitrogens with two attached hydrogens (primary N) is 1. The second-order valence-corrected chi connectivity index (χ2v) is 6.66. The molecule has 0 spiro atoms. The number of nitro groups is 1. The first-order chi connectivity index (χ1) is 12.0. The highest BCUT2D eigenvalue weighted by Crippen LogP contribution is 2.30. The number of nitrogens with zero attached hydrogens (tertiary/aromatic N) is 2. The van der Waals surface area contributed by atoms with Crippen LogP contribution in [-0.2, 0) is 0 Å². The monoisotopic (exact) mass is 381 g/mol. The maximum atomic E-state index is 11.3. The summed E-state index contributed by atoms with van der Waals surface area (Å²) in [5.41, 5.74) is 7.43. The van der Waals surface area contributed by atoms with Gasteiger partial charge in [-0.15, -0.1) is 0 Å². The molecule has 1 aromatic heterocycles. The topological polar surface area (TPSA) is 106 Å². The summed E-state index contributed by atoms with van der Waals surface area (Å²) in [7, 11) is 0. The molecular formula is C16H17Cl2N5O2. The Morgan fingerprint density at radius 3 is 2.76 bits per heavy atom. The number of halogens is 2. The van der Waals surface area contributed by atoms with Crippen LogP contribution in [0.5, 0.6) is 0 Å². The first-order valence-corrected chi connectivity index (χ1v) is 8.54. The van der Waals surface area contributed by atoms with Gasteiger partial charge < -0.3 is 16.4 Å². The average molecular weight is 382 g/mol. The molecule has 1 aliphatic heterocycles. The molecular weight excluding hydrogens is 365 g/mol. The molecule has 2 atom stereocenters. The summed E-state index contributed by atoms with van der Waals surface area (Å²) in [6.07, 6.45) is 0.877. The van der Waals surface area contributed by atoms with Gasteiger partial charge in [0.1, 0.15) is 0 Å². The maximum absolute atomic E-state index is 11.3. The summed E-state index contributed by atoms with van der Waals surface area (Å²) >= 11 is 12.0. The van der Waals surface area contributed by atoms with Gasteiger partial charge >= 0.3 is 5.69 Å². The lowest BCUT2D eigenvalue weighted by molar-refractivity contribution is -0.384. The SMILES string of the molecule is NC(c1ccc(Cl)c(Cl)c1)c1ccc([N+](=O)[O-])c(N[C@H]2CCNC2)n1. The Labute approximate surface area is 154 Å². The summed E-state index contributed by atoms with van der Waals surface area (Å²) in [4.78, 5) is 15.2. The van der Waals surface area contributed by atoms with Crippen LogP contribution in [0, 0.1) is 10.1 Å². The highest BCUT2D eigenvalue weighted by Gasteiger charge is 2.23. The molecule has 0 aliphatic carbocycles. The van der Waals surface area contributed by atoms with Gasteiger partial charge in [0.2, 0.25) is 5.82 Å². The second-order valence-electron chi connectivity index (χ2n) is 5.85. The molecule has 9 heteroatoms. The molecule has 0 radical (unpaired) electrons. The lowest BCUT2D eigenvalue weighted by Crippen LogP contribution is -2.24. The number of pyridine rings is 1. The summed E-state index contributed by atoms with van der Waals surface area (Å²) in [5, 5.41) is 18.5. The van der Waals surface area contributed by atoms with E-state index in [4.69, 9.17) is 28.9 Å². The molecule has 1 unspecified atom stereocenters. The summed E-state index contributed by atoms with van der Waals surface area (Å²) < 4.78 is 0. The zero-order valence-corrected chi connectivity index (χ0v) is 14.7. The van der Waals surface area contributed by atoms with Crippen LogP contribution in [0.4, 0.5) is 11.5 Å². The predicted molar refractivity (Wildman–Crippen MR) is 98.3 cm³/mol. The van der Waals surface area contributed by atoms with Crippen LogP contribution in [0.3, 0.4) is 0 Å². The van der Waals surface area contributed by atoms with E-state index in [2.05, 4.69) is 15.6 Å². The number of nitrogens with one attached hydrogen (secondary N) is 2. The molecule has 132 valence electrons. The van der Waals surface area contributed by atoms with Gasteiger partial charge in [0.25, 0.3) is 0 Å². The zero-order valence-electron chi connectivity index (χ0n) is 13.2. The lowest BCUT2D eigenvalue weighted by Gasteiger charge is -2.16. The Balaban J connectivity index is 1.92. The van der Waals surface area contributed by atoms with Crippen molar-refractivity contribution < 1.29 is 4.92 Å². The molecule has 1 fully saturated rings. The van der Waals surface area contributed by atoms with Gasteiger partial charge in [-0.3, -0.25) is 10.1 Å². The number of rotatable bonds is 5. The number of aromatic nitrogens is 1. The maximum Gasteiger partial charge on any atom is 0.311 e. The fourth-order valence-electron chi connectivity index (χ4n) is 2.74. The minimum Gasteiger partial charge on any atom is -0.360 e. The Hall–Kier alpha value is -1.93. The third-order valence-corrected chi connectivity index (χ3v) is 4.85. The largest absolute Gasteiger partial charge is 0.360 e. The molecule has 25 heavy (non-hydrogen) atoms. The van der Waals surface area contributed by atoms with E-state index >= 15 is 0 Å². The quantitative estimate of drug-likeness (QED) is 0.542. The van der Waals surface area contributed by atoms with Crippen LogP contribution in [0.1, 0.15) is 23.7 Å². The lowest BCUT2D eigenvalue weighted by atomic mass is 10.0. The fraction of sp³-hybridized carbons (Fsp3) is 0.312. The van der Waals surface area contributed by atoms with Gasteiger partial charge in [-0.2, -0.15) is 0 Å². The number of hydrogen-bond donors (Lipinski definition) is 3. The predicted octanol–water partition coefficient (Wildman–Crippen LogP) is 3.12. The summed E-state index contributed by atoms with van der Waals surface area (Å²) in [6.45, 7) is 1.61. The van der Waals surface area contributed by atoms with Gasteiger partial charge in [0.15, 0.2) is 0 Å². The molecule has 1 saturated heterocycles. The van der Waals surface area contributed by atoms with E-state index in [1.807, 2.05) is 0 Å². The molecule has 1 aliphatic rings. The number of anilines is 1. The molecule has 3 rings (SSSR count). The van der Waals surface area contributed by atoms with Gasteiger partial charge in [-0.25, -0.2) is 4.98 Å². The van der Waals surface area contributed by atoms with Crippen molar-refractivity contribution in [3.8, 4) is 0 Å². The van der Waals surface area contributed by atoms with Crippen LogP contribution in [0.15, 0.2) is 30.3 Å². The van der Waals surface area contributed by atoms with E-state index in [0.29, 0.717) is 15.7 Å². The highest BCUT2D eigenvalue weighted by atomic mass is 35.5. The van der Waals surface area contributed by atoms with E-state index in [9.17, 15) is 10.1 Å². The highest BCUT2D eigenvalue weighted by molar-refractivity contribution is 6.42. The number of benzene rings is 1. The van der Waals surface area contributed by atoms with Crippen molar-refractivity contribution >= 4 is 34.7 Å². The van der Waals surface area contributed by atoms with Gasteiger partial charge in [-0.05, 0) is 36.7 Å². The summed E-state index contributed by atoms with van der Waals surface area (Å²) in [6, 6.07) is 7.60. The van der Waals surface area contributed by atoms with Crippen molar-refractivity contribution in [1.29, 1.82) is 0 Å². The summed E-state index contributed by atoms with van der Waals surface area (Å²) in [5.74, 6) is 0.228. The Morgan fingerprint density at radius 1 is 1.32 bits per heavy atom. The molecule has 0 saturated carbocycles. The number of hydrogen-bond acceptors (Lipinski definition) is 6. The van der Waals surface area contributed by atoms with Crippen LogP contribution in [-0.4, -0.2) is 29.0 Å². The second kappa shape index (κ2) is 7.53. The van der Waals surface area contributed by atoms with Crippen molar-refractivity contribution in [2.24, 2.45) is 5.73 Å². The third-order valence-electron chi connectivity index (χ3n) is 4.11. The normalized spacial score (nSPS) is 18.1. The zero-order chi connectivity index (χ0) is 18.0. The van der Waals surface area contributed by atoms with Crippen molar-refractivity contribution in [2.45, 2.75) is 18.5 Å². The van der Waals surface area contributed by atoms with Crippen molar-refractivity contribution in [3.05, 3.63) is 61.7 Å². The van der Waals surface area contributed by atoms with Gasteiger partial charge in [0.05, 0.1) is 26.7 Å². The molecule has 1 aromatic carbocycles. The van der Waals surface area contributed by atoms with Crippen LogP contribution < -0.4 is 16.4 Å². The van der Waals surface area contributed by atoms with Gasteiger partial charge in [-0.1, -0.05) is 29.3 Å². The standard InChI is InChI=1S/C16H17Cl2N5O2/c17-11-2-1-9(7-12(11)18)15(19)13-3-4-14(23(24)25)16(22-13)21-10-5-6-20-8-10/h1-4,7,10,15,20H,5-6,8,19H2,(H,21,22)/t10-,15?/m0/s1. The van der Waals surface area contributed by atoms with Crippen LogP contribution in [0.2, 0.25) is 10.0 Å². The molecule has 0 amide bonds. The van der Waals surface area contributed by atoms with E-state index in [-0.39, 0.29) is 17.5 Å². The van der Waals surface area contributed by atoms with E-state index in [1.165, 1.54) is 6.07 Å². The molecule has 7 nitrogen and oxygen atoms in total. The Morgan fingerprint density at radius 2 is 2.12 bits per heavy atom. The minimum absolute atomic E-state index is 0.0722. The molecule has 2 aromatic rings. The molecule has 4 N–H and O–H groups in total. The van der Waals surface area contributed by atoms with Crippen molar-refractivity contribution in [2.75, 3.05) is 18.4 Å². The van der Waals surface area contributed by atoms with E-state index in [1.54, 1.807) is 24.3 Å². The van der Waals surface area contributed by atoms with Crippen molar-refractivity contribution in [1.82, 2.24) is 10.3 Å². The smallest absolute Gasteiger partial charge is 0.311 e. The van der Waals surface area contributed by atoms with Crippen molar-refractivity contribution in [3.63, 3.8) is 0 Å².